The minimum Gasteiger partial charge on any atom is -0.406 e. The van der Waals surface area contributed by atoms with Gasteiger partial charge in [0.05, 0.1) is 13.1 Å². The molecule has 4 aromatic carbocycles. The van der Waals surface area contributed by atoms with Crippen LogP contribution in [-0.2, 0) is 51.4 Å². The number of aryl methyl sites for hydroxylation is 2. The van der Waals surface area contributed by atoms with Crippen molar-refractivity contribution in [2.75, 3.05) is 0 Å². The number of benzene rings is 4. The average Bonchev–Trinajstić information content (AvgIpc) is 3.89. The lowest BCUT2D eigenvalue weighted by Crippen LogP contribution is -2.39. The lowest BCUT2D eigenvalue weighted by atomic mass is 10.2. The Balaban J connectivity index is 0.000000206. The summed E-state index contributed by atoms with van der Waals surface area (Å²) in [4.78, 5) is 59.4. The number of aromatic amines is 1. The molecule has 14 nitrogen and oxygen atoms in total. The van der Waals surface area contributed by atoms with E-state index in [0.29, 0.717) is 68.1 Å². The topological polar surface area (TPSA) is 145 Å². The molecule has 8 rings (SSSR count). The average molecular weight is 1190 g/mol. The zero-order valence-electron chi connectivity index (χ0n) is 40.6. The Labute approximate surface area is 452 Å². The van der Waals surface area contributed by atoms with Gasteiger partial charge in [-0.25, -0.2) is 14.6 Å². The fourth-order valence-electron chi connectivity index (χ4n) is 7.55. The second-order valence-electron chi connectivity index (χ2n) is 16.7. The van der Waals surface area contributed by atoms with Crippen molar-refractivity contribution in [2.24, 2.45) is 14.1 Å². The molecular weight excluding hydrogens is 1140 g/mol. The molecule has 0 amide bonds. The van der Waals surface area contributed by atoms with Gasteiger partial charge in [-0.3, -0.25) is 27.9 Å². The SMILES string of the molecule is CCCCn1c(=O)c2c([nH]c(=S)n2Cc2ccc(Cl)cc2)n(C)c1=O.CCCCn1c(=O)c2c(nc(SCc3cccc(OC(F)(F)F)c3)n2Cc2ccc(Cl)cc2)n(C)c1=O.FC(F)(F)Oc1cccc(CBr)c1. The number of halogens is 9. The number of aromatic nitrogens is 8. The molecule has 0 saturated carbocycles. The number of alkyl halides is 7. The van der Waals surface area contributed by atoms with E-state index in [9.17, 15) is 45.5 Å². The van der Waals surface area contributed by atoms with Gasteiger partial charge < -0.3 is 23.6 Å². The first-order valence-corrected chi connectivity index (χ1v) is 26.3. The summed E-state index contributed by atoms with van der Waals surface area (Å²) in [5.74, 6) is -0.248. The van der Waals surface area contributed by atoms with E-state index in [0.717, 1.165) is 36.0 Å². The summed E-state index contributed by atoms with van der Waals surface area (Å²) in [5.41, 5.74) is 3.00. The minimum absolute atomic E-state index is 0.190. The fraction of sp³-hybridized carbons (Fsp3) is 0.320. The molecule has 0 aliphatic rings. The van der Waals surface area contributed by atoms with E-state index in [1.807, 2.05) is 38.1 Å². The Hall–Kier alpha value is -6.01. The first-order chi connectivity index (χ1) is 35.5. The number of imidazole rings is 2. The van der Waals surface area contributed by atoms with Crippen LogP contribution in [0.3, 0.4) is 0 Å². The summed E-state index contributed by atoms with van der Waals surface area (Å²) < 4.78 is 90.1. The molecule has 400 valence electrons. The van der Waals surface area contributed by atoms with Gasteiger partial charge in [0.25, 0.3) is 11.1 Å². The summed E-state index contributed by atoms with van der Waals surface area (Å²) in [7, 11) is 3.21. The Morgan fingerprint density at radius 2 is 1.11 bits per heavy atom. The Morgan fingerprint density at radius 3 is 1.60 bits per heavy atom. The molecule has 0 radical (unpaired) electrons. The Bertz CT molecular complexity index is 3570. The van der Waals surface area contributed by atoms with Crippen LogP contribution < -0.4 is 32.0 Å². The van der Waals surface area contributed by atoms with E-state index in [4.69, 9.17) is 35.4 Å². The maximum Gasteiger partial charge on any atom is 0.573 e. The first-order valence-electron chi connectivity index (χ1n) is 23.0. The molecule has 0 fully saturated rings. The number of nitrogens with one attached hydrogen (secondary N) is 1. The number of H-pyrrole nitrogens is 1. The number of ether oxygens (including phenoxy) is 2. The fourth-order valence-corrected chi connectivity index (χ4v) is 9.34. The molecule has 4 heterocycles. The van der Waals surface area contributed by atoms with E-state index in [1.165, 1.54) is 66.4 Å². The summed E-state index contributed by atoms with van der Waals surface area (Å²) in [6.07, 6.45) is -6.26. The van der Waals surface area contributed by atoms with Crippen molar-refractivity contribution >= 4 is 85.4 Å². The molecule has 8 aromatic rings. The van der Waals surface area contributed by atoms with Crippen molar-refractivity contribution in [3.05, 3.63) is 176 Å². The highest BCUT2D eigenvalue weighted by Gasteiger charge is 2.32. The zero-order valence-corrected chi connectivity index (χ0v) is 45.3. The van der Waals surface area contributed by atoms with Crippen LogP contribution in [0.4, 0.5) is 26.3 Å². The highest BCUT2D eigenvalue weighted by Crippen LogP contribution is 2.30. The second kappa shape index (κ2) is 25.7. The molecule has 0 atom stereocenters. The van der Waals surface area contributed by atoms with Crippen LogP contribution in [0.2, 0.25) is 10.0 Å². The summed E-state index contributed by atoms with van der Waals surface area (Å²) >= 11 is 21.7. The van der Waals surface area contributed by atoms with Gasteiger partial charge in [0.2, 0.25) is 0 Å². The number of nitrogens with zero attached hydrogens (tertiary/aromatic N) is 7. The van der Waals surface area contributed by atoms with Crippen molar-refractivity contribution in [1.29, 1.82) is 0 Å². The second-order valence-corrected chi connectivity index (χ2v) is 19.5. The lowest BCUT2D eigenvalue weighted by Gasteiger charge is -2.12. The smallest absolute Gasteiger partial charge is 0.406 e. The maximum atomic E-state index is 13.5. The van der Waals surface area contributed by atoms with Crippen molar-refractivity contribution in [1.82, 2.24) is 37.4 Å². The van der Waals surface area contributed by atoms with Gasteiger partial charge in [0, 0.05) is 48.3 Å². The predicted molar refractivity (Wildman–Crippen MR) is 285 cm³/mol. The van der Waals surface area contributed by atoms with Crippen molar-refractivity contribution in [3.8, 4) is 11.5 Å². The summed E-state index contributed by atoms with van der Waals surface area (Å²) in [6.45, 7) is 5.40. The minimum atomic E-state index is -4.79. The molecule has 0 saturated heterocycles. The van der Waals surface area contributed by atoms with Gasteiger partial charge in [0.15, 0.2) is 26.6 Å². The molecule has 0 aliphatic heterocycles. The van der Waals surface area contributed by atoms with E-state index >= 15 is 0 Å². The molecule has 1 N–H and O–H groups in total. The third-order valence-electron chi connectivity index (χ3n) is 11.2. The van der Waals surface area contributed by atoms with Crippen molar-refractivity contribution in [3.63, 3.8) is 0 Å². The van der Waals surface area contributed by atoms with E-state index in [2.05, 4.69) is 35.4 Å². The molecule has 0 bridgehead atoms. The van der Waals surface area contributed by atoms with Gasteiger partial charge in [-0.1, -0.05) is 126 Å². The van der Waals surface area contributed by atoms with Gasteiger partial charge >= 0.3 is 24.1 Å². The van der Waals surface area contributed by atoms with E-state index in [1.54, 1.807) is 59.6 Å². The quantitative estimate of drug-likeness (QED) is 0.0432. The van der Waals surface area contributed by atoms with Gasteiger partial charge in [-0.2, -0.15) is 0 Å². The lowest BCUT2D eigenvalue weighted by molar-refractivity contribution is -0.275. The predicted octanol–water partition coefficient (Wildman–Crippen LogP) is 12.1. The number of hydrogen-bond acceptors (Lipinski definition) is 9. The first kappa shape index (κ1) is 58.3. The number of hydrogen-bond donors (Lipinski definition) is 1. The van der Waals surface area contributed by atoms with Crippen LogP contribution in [-0.4, -0.2) is 50.1 Å². The van der Waals surface area contributed by atoms with Crippen LogP contribution >= 0.6 is 63.1 Å². The number of thioether (sulfide) groups is 1. The van der Waals surface area contributed by atoms with Crippen LogP contribution in [0.15, 0.2) is 121 Å². The Morgan fingerprint density at radius 1 is 0.640 bits per heavy atom. The molecule has 75 heavy (non-hydrogen) atoms. The van der Waals surface area contributed by atoms with Crippen molar-refractivity contribution < 1.29 is 35.8 Å². The maximum absolute atomic E-state index is 13.5. The van der Waals surface area contributed by atoms with E-state index in [-0.39, 0.29) is 46.2 Å². The molecule has 4 aromatic heterocycles. The highest BCUT2D eigenvalue weighted by molar-refractivity contribution is 9.08. The molecule has 0 spiro atoms. The molecule has 0 unspecified atom stereocenters. The largest absolute Gasteiger partial charge is 0.573 e. The number of rotatable bonds is 16. The summed E-state index contributed by atoms with van der Waals surface area (Å²) in [5, 5.41) is 2.17. The standard InChI is InChI=1S/C25H24ClF3N4O3S.C17H19ClN4O2S.C8H6BrF3O/c1-3-4-12-32-22(34)20-21(31(2)24(32)35)30-23(33(20)14-16-8-10-18(26)11-9-16)37-15-17-6-5-7-19(13-17)36-25(27,28)29;1-3-4-9-21-15(23)13-14(20(2)17(21)24)19-16(25)22(13)10-11-5-7-12(18)8-6-11;9-5-6-2-1-3-7(4-6)13-8(10,11)12/h5-11,13H,3-4,12,14-15H2,1-2H3;5-8H,3-4,9-10H2,1-2H3,(H,19,25);1-4H,5H2. The third kappa shape index (κ3) is 15.3. The van der Waals surface area contributed by atoms with E-state index < -0.39 is 24.0 Å². The number of unbranched alkanes of at least 4 members (excludes halogenated alkanes) is 2. The normalized spacial score (nSPS) is 11.6. The molecule has 25 heteroatoms. The Kier molecular flexibility index (Phi) is 20.0. The van der Waals surface area contributed by atoms with Crippen LogP contribution in [0.1, 0.15) is 61.8 Å². The molecule has 0 aliphatic carbocycles. The van der Waals surface area contributed by atoms with Crippen molar-refractivity contribution in [2.45, 2.75) is 94.7 Å². The third-order valence-corrected chi connectivity index (χ3v) is 13.7. The zero-order chi connectivity index (χ0) is 54.8. The van der Waals surface area contributed by atoms with Crippen LogP contribution in [0.5, 0.6) is 11.5 Å². The summed E-state index contributed by atoms with van der Waals surface area (Å²) in [6, 6.07) is 26.0. The monoisotopic (exact) mass is 1180 g/mol. The highest BCUT2D eigenvalue weighted by atomic mass is 79.9. The van der Waals surface area contributed by atoms with Gasteiger partial charge in [0.1, 0.15) is 17.1 Å². The van der Waals surface area contributed by atoms with Gasteiger partial charge in [-0.05, 0) is 95.8 Å². The number of fused-ring (bicyclic) bond motifs is 2. The van der Waals surface area contributed by atoms with Crippen LogP contribution in [0.25, 0.3) is 22.3 Å². The van der Waals surface area contributed by atoms with Gasteiger partial charge in [-0.15, -0.1) is 26.3 Å². The van der Waals surface area contributed by atoms with Crippen LogP contribution in [0, 0.1) is 4.77 Å². The molecular formula is C50H49BrCl2F6N8O6S2.